The second kappa shape index (κ2) is 5.05. The van der Waals surface area contributed by atoms with Crippen LogP contribution in [-0.2, 0) is 10.8 Å². The summed E-state index contributed by atoms with van der Waals surface area (Å²) in [4.78, 5) is 0.831. The lowest BCUT2D eigenvalue weighted by Crippen LogP contribution is -2.32. The first kappa shape index (κ1) is 11.9. The first-order valence-electron chi connectivity index (χ1n) is 4.44. The lowest BCUT2D eigenvalue weighted by atomic mass is 10.3. The van der Waals surface area contributed by atoms with Crippen molar-refractivity contribution in [3.63, 3.8) is 0 Å². The Kier molecular flexibility index (Phi) is 4.29. The van der Waals surface area contributed by atoms with Gasteiger partial charge < -0.3 is 5.73 Å². The van der Waals surface area contributed by atoms with Crippen molar-refractivity contribution in [2.75, 3.05) is 0 Å². The summed E-state index contributed by atoms with van der Waals surface area (Å²) in [5.74, 6) is 0. The van der Waals surface area contributed by atoms with Gasteiger partial charge in [-0.2, -0.15) is 0 Å². The van der Waals surface area contributed by atoms with Crippen LogP contribution in [0.25, 0.3) is 0 Å². The molecule has 78 valence electrons. The quantitative estimate of drug-likeness (QED) is 0.920. The van der Waals surface area contributed by atoms with E-state index in [0.29, 0.717) is 0 Å². The monoisotopic (exact) mass is 275 g/mol. The van der Waals surface area contributed by atoms with Crippen LogP contribution in [0.5, 0.6) is 0 Å². The lowest BCUT2D eigenvalue weighted by molar-refractivity contribution is 0.649. The van der Waals surface area contributed by atoms with E-state index in [9.17, 15) is 4.21 Å². The lowest BCUT2D eigenvalue weighted by Gasteiger charge is -2.14. The fourth-order valence-corrected chi connectivity index (χ4v) is 2.47. The van der Waals surface area contributed by atoms with Crippen molar-refractivity contribution in [3.05, 3.63) is 28.7 Å². The maximum absolute atomic E-state index is 11.9. The van der Waals surface area contributed by atoms with E-state index in [4.69, 9.17) is 5.73 Å². The maximum atomic E-state index is 11.9. The van der Waals surface area contributed by atoms with E-state index in [1.165, 1.54) is 0 Å². The molecule has 0 heterocycles. The van der Waals surface area contributed by atoms with Crippen molar-refractivity contribution in [2.24, 2.45) is 5.73 Å². The second-order valence-corrected chi connectivity index (χ2v) is 6.04. The zero-order valence-corrected chi connectivity index (χ0v) is 10.6. The highest BCUT2D eigenvalue weighted by atomic mass is 79.9. The molecule has 0 aliphatic heterocycles. The Morgan fingerprint density at radius 3 is 2.21 bits per heavy atom. The predicted molar refractivity (Wildman–Crippen MR) is 63.7 cm³/mol. The van der Waals surface area contributed by atoms with E-state index in [-0.39, 0.29) is 11.3 Å². The van der Waals surface area contributed by atoms with Gasteiger partial charge in [0.05, 0.1) is 16.0 Å². The molecule has 0 saturated carbocycles. The minimum Gasteiger partial charge on any atom is -0.327 e. The second-order valence-electron chi connectivity index (χ2n) is 3.32. The molecule has 0 aliphatic carbocycles. The molecular formula is C10H14BrNOS. The summed E-state index contributed by atoms with van der Waals surface area (Å²) in [6.07, 6.45) is 0. The standard InChI is InChI=1S/C10H14BrNOS/c1-7(12)8(2)14(13)10-5-3-9(11)4-6-10/h3-8H,12H2,1-2H3. The Morgan fingerprint density at radius 2 is 1.79 bits per heavy atom. The zero-order valence-electron chi connectivity index (χ0n) is 8.24. The third-order valence-electron chi connectivity index (χ3n) is 2.12. The van der Waals surface area contributed by atoms with Gasteiger partial charge in [-0.15, -0.1) is 0 Å². The summed E-state index contributed by atoms with van der Waals surface area (Å²) < 4.78 is 12.9. The third kappa shape index (κ3) is 2.90. The van der Waals surface area contributed by atoms with Gasteiger partial charge in [-0.3, -0.25) is 4.21 Å². The van der Waals surface area contributed by atoms with E-state index >= 15 is 0 Å². The Morgan fingerprint density at radius 1 is 1.29 bits per heavy atom. The van der Waals surface area contributed by atoms with Crippen molar-refractivity contribution >= 4 is 26.7 Å². The van der Waals surface area contributed by atoms with Crippen LogP contribution in [0.2, 0.25) is 0 Å². The molecule has 0 amide bonds. The normalized spacial score (nSPS) is 17.4. The predicted octanol–water partition coefficient (Wildman–Crippen LogP) is 2.29. The van der Waals surface area contributed by atoms with Crippen molar-refractivity contribution < 1.29 is 4.21 Å². The first-order valence-corrected chi connectivity index (χ1v) is 6.44. The van der Waals surface area contributed by atoms with E-state index in [2.05, 4.69) is 15.9 Å². The topological polar surface area (TPSA) is 43.1 Å². The van der Waals surface area contributed by atoms with E-state index in [1.807, 2.05) is 38.1 Å². The van der Waals surface area contributed by atoms with Crippen LogP contribution in [0.15, 0.2) is 33.6 Å². The van der Waals surface area contributed by atoms with Gasteiger partial charge >= 0.3 is 0 Å². The number of rotatable bonds is 3. The van der Waals surface area contributed by atoms with Crippen molar-refractivity contribution in [1.29, 1.82) is 0 Å². The molecule has 1 rings (SSSR count). The molecule has 0 fully saturated rings. The summed E-state index contributed by atoms with van der Waals surface area (Å²) in [6.45, 7) is 3.78. The summed E-state index contributed by atoms with van der Waals surface area (Å²) in [5.41, 5.74) is 5.70. The Bertz CT molecular complexity index is 323. The third-order valence-corrected chi connectivity index (χ3v) is 4.49. The van der Waals surface area contributed by atoms with Gasteiger partial charge in [0.2, 0.25) is 0 Å². The average Bonchev–Trinajstić information content (AvgIpc) is 2.16. The van der Waals surface area contributed by atoms with Crippen LogP contribution < -0.4 is 5.73 Å². The largest absolute Gasteiger partial charge is 0.327 e. The minimum absolute atomic E-state index is 0.0174. The zero-order chi connectivity index (χ0) is 10.7. The van der Waals surface area contributed by atoms with E-state index in [1.54, 1.807) is 0 Å². The highest BCUT2D eigenvalue weighted by Gasteiger charge is 2.16. The number of halogens is 1. The smallest absolute Gasteiger partial charge is 0.0573 e. The van der Waals surface area contributed by atoms with Crippen LogP contribution >= 0.6 is 15.9 Å². The fourth-order valence-electron chi connectivity index (χ4n) is 0.978. The fraction of sp³-hybridized carbons (Fsp3) is 0.400. The van der Waals surface area contributed by atoms with Crippen molar-refractivity contribution in [3.8, 4) is 0 Å². The van der Waals surface area contributed by atoms with Gasteiger partial charge in [-0.25, -0.2) is 0 Å². The maximum Gasteiger partial charge on any atom is 0.0573 e. The Hall–Kier alpha value is -0.190. The summed E-state index contributed by atoms with van der Waals surface area (Å²) in [7, 11) is -1.01. The molecule has 0 bridgehead atoms. The number of nitrogens with two attached hydrogens (primary N) is 1. The summed E-state index contributed by atoms with van der Waals surface area (Å²) in [6, 6.07) is 7.44. The molecule has 3 atom stereocenters. The van der Waals surface area contributed by atoms with Crippen LogP contribution in [0.1, 0.15) is 13.8 Å². The first-order chi connectivity index (χ1) is 6.52. The molecule has 2 nitrogen and oxygen atoms in total. The van der Waals surface area contributed by atoms with Crippen LogP contribution in [0, 0.1) is 0 Å². The highest BCUT2D eigenvalue weighted by molar-refractivity contribution is 9.10. The molecule has 0 saturated heterocycles. The molecule has 3 unspecified atom stereocenters. The molecule has 0 aliphatic rings. The number of benzene rings is 1. The highest BCUT2D eigenvalue weighted by Crippen LogP contribution is 2.16. The molecular weight excluding hydrogens is 262 g/mol. The Balaban J connectivity index is 2.84. The van der Waals surface area contributed by atoms with Gasteiger partial charge in [-0.05, 0) is 38.1 Å². The SMILES string of the molecule is CC(N)C(C)S(=O)c1ccc(Br)cc1. The molecule has 14 heavy (non-hydrogen) atoms. The van der Waals surface area contributed by atoms with Gasteiger partial charge in [0.1, 0.15) is 0 Å². The number of hydrogen-bond acceptors (Lipinski definition) is 2. The van der Waals surface area contributed by atoms with Crippen LogP contribution in [0.3, 0.4) is 0 Å². The minimum atomic E-state index is -1.01. The average molecular weight is 276 g/mol. The van der Waals surface area contributed by atoms with Crippen LogP contribution in [0.4, 0.5) is 0 Å². The summed E-state index contributed by atoms with van der Waals surface area (Å²) >= 11 is 3.34. The summed E-state index contributed by atoms with van der Waals surface area (Å²) in [5, 5.41) is -0.0174. The van der Waals surface area contributed by atoms with Gasteiger partial charge in [0.25, 0.3) is 0 Å². The van der Waals surface area contributed by atoms with E-state index in [0.717, 1.165) is 9.37 Å². The van der Waals surface area contributed by atoms with Gasteiger partial charge in [0, 0.05) is 15.4 Å². The van der Waals surface area contributed by atoms with Crippen molar-refractivity contribution in [1.82, 2.24) is 0 Å². The van der Waals surface area contributed by atoms with Crippen LogP contribution in [-0.4, -0.2) is 15.5 Å². The molecule has 0 radical (unpaired) electrons. The molecule has 1 aromatic carbocycles. The molecule has 0 aromatic heterocycles. The van der Waals surface area contributed by atoms with Crippen molar-refractivity contribution in [2.45, 2.75) is 30.0 Å². The molecule has 1 aromatic rings. The molecule has 0 spiro atoms. The van der Waals surface area contributed by atoms with Gasteiger partial charge in [0.15, 0.2) is 0 Å². The van der Waals surface area contributed by atoms with Gasteiger partial charge in [-0.1, -0.05) is 15.9 Å². The number of hydrogen-bond donors (Lipinski definition) is 1. The molecule has 4 heteroatoms. The van der Waals surface area contributed by atoms with E-state index < -0.39 is 10.8 Å². The molecule has 2 N–H and O–H groups in total. The Labute approximate surface area is 95.5 Å².